The Bertz CT molecular complexity index is 1330. The van der Waals surface area contributed by atoms with E-state index in [1.165, 1.54) is 25.7 Å². The molecule has 7 rings (SSSR count). The van der Waals surface area contributed by atoms with E-state index in [2.05, 4.69) is 14.5 Å². The molecule has 146 valence electrons. The molecule has 0 N–H and O–H groups in total. The third kappa shape index (κ3) is 2.24. The predicted molar refractivity (Wildman–Crippen MR) is 107 cm³/mol. The van der Waals surface area contributed by atoms with Gasteiger partial charge in [-0.25, -0.2) is 15.0 Å². The number of hydrogen-bond acceptors (Lipinski definition) is 5. The van der Waals surface area contributed by atoms with Crippen LogP contribution in [0.15, 0.2) is 40.1 Å². The second kappa shape index (κ2) is 5.55. The van der Waals surface area contributed by atoms with Gasteiger partial charge in [0.15, 0.2) is 23.1 Å². The lowest BCUT2D eigenvalue weighted by Crippen LogP contribution is -2.28. The van der Waals surface area contributed by atoms with Crippen LogP contribution in [0.25, 0.3) is 28.0 Å². The molecule has 7 heteroatoms. The van der Waals surface area contributed by atoms with Crippen molar-refractivity contribution in [2.75, 3.05) is 0 Å². The molecule has 0 spiro atoms. The number of oxazole rings is 1. The largest absolute Gasteiger partial charge is 0.443 e. The van der Waals surface area contributed by atoms with Crippen molar-refractivity contribution in [3.63, 3.8) is 0 Å². The van der Waals surface area contributed by atoms with E-state index in [9.17, 15) is 4.79 Å². The van der Waals surface area contributed by atoms with Crippen LogP contribution in [0.5, 0.6) is 0 Å². The van der Waals surface area contributed by atoms with Crippen LogP contribution in [0.3, 0.4) is 0 Å². The zero-order valence-electron chi connectivity index (χ0n) is 16.0. The zero-order valence-corrected chi connectivity index (χ0v) is 16.0. The highest BCUT2D eigenvalue weighted by Gasteiger charge is 2.43. The van der Waals surface area contributed by atoms with Crippen LogP contribution < -0.4 is 5.56 Å². The molecule has 0 amide bonds. The molecular weight excluding hydrogens is 366 g/mol. The van der Waals surface area contributed by atoms with E-state index in [1.54, 1.807) is 10.9 Å². The molecule has 3 unspecified atom stereocenters. The Kier molecular flexibility index (Phi) is 3.05. The molecule has 0 aliphatic heterocycles. The van der Waals surface area contributed by atoms with Crippen LogP contribution in [-0.2, 0) is 0 Å². The van der Waals surface area contributed by atoms with Gasteiger partial charge in [0.2, 0.25) is 0 Å². The van der Waals surface area contributed by atoms with Crippen molar-refractivity contribution in [2.45, 2.75) is 50.5 Å². The van der Waals surface area contributed by atoms with Gasteiger partial charge >= 0.3 is 0 Å². The van der Waals surface area contributed by atoms with Gasteiger partial charge in [-0.1, -0.05) is 6.42 Å². The third-order valence-corrected chi connectivity index (χ3v) is 7.21. The second-order valence-electron chi connectivity index (χ2n) is 8.95. The van der Waals surface area contributed by atoms with Gasteiger partial charge in [0, 0.05) is 12.0 Å². The molecular formula is C22H21N5O2. The van der Waals surface area contributed by atoms with E-state index in [-0.39, 0.29) is 5.56 Å². The normalized spacial score (nSPS) is 26.1. The number of aromatic nitrogens is 5. The smallest absolute Gasteiger partial charge is 0.286 e. The van der Waals surface area contributed by atoms with Crippen LogP contribution >= 0.6 is 0 Å². The summed E-state index contributed by atoms with van der Waals surface area (Å²) in [5, 5.41) is 0. The van der Waals surface area contributed by atoms with E-state index in [1.807, 2.05) is 18.2 Å². The summed E-state index contributed by atoms with van der Waals surface area (Å²) in [4.78, 5) is 27.5. The average Bonchev–Trinajstić information content (AvgIpc) is 3.13. The topological polar surface area (TPSA) is 78.7 Å². The highest BCUT2D eigenvalue weighted by atomic mass is 16.3. The maximum absolute atomic E-state index is 13.6. The average molecular weight is 387 g/mol. The van der Waals surface area contributed by atoms with Crippen LogP contribution in [-0.4, -0.2) is 24.1 Å². The quantitative estimate of drug-likeness (QED) is 0.532. The summed E-state index contributed by atoms with van der Waals surface area (Å²) in [5.74, 6) is 2.64. The fourth-order valence-corrected chi connectivity index (χ4v) is 5.65. The van der Waals surface area contributed by atoms with E-state index >= 15 is 0 Å². The summed E-state index contributed by atoms with van der Waals surface area (Å²) in [7, 11) is 0. The summed E-state index contributed by atoms with van der Waals surface area (Å²) in [6.45, 7) is 0. The Morgan fingerprint density at radius 1 is 1.07 bits per heavy atom. The Hall–Kier alpha value is -2.96. The summed E-state index contributed by atoms with van der Waals surface area (Å²) >= 11 is 0. The minimum absolute atomic E-state index is 0.0741. The van der Waals surface area contributed by atoms with E-state index in [0.717, 1.165) is 53.4 Å². The first kappa shape index (κ1) is 15.9. The standard InChI is InChI=1S/C22H21N5O2/c28-22-19-21(26(10-23-19)14-3-4-14)25-20(16-8-12-1-2-13(16)7-12)27(22)15-5-6-18-17(9-15)24-11-29-18/h5-6,9-14,16H,1-4,7-8H2. The minimum Gasteiger partial charge on any atom is -0.443 e. The van der Waals surface area contributed by atoms with Gasteiger partial charge in [-0.3, -0.25) is 9.36 Å². The van der Waals surface area contributed by atoms with Crippen molar-refractivity contribution in [3.05, 3.63) is 47.1 Å². The zero-order chi connectivity index (χ0) is 19.1. The lowest BCUT2D eigenvalue weighted by molar-refractivity contribution is 0.399. The first-order valence-corrected chi connectivity index (χ1v) is 10.6. The molecule has 3 fully saturated rings. The van der Waals surface area contributed by atoms with Crippen molar-refractivity contribution in [1.82, 2.24) is 24.1 Å². The molecule has 3 atom stereocenters. The molecule has 29 heavy (non-hydrogen) atoms. The molecule has 1 aromatic carbocycles. The van der Waals surface area contributed by atoms with Gasteiger partial charge in [0.25, 0.3) is 5.56 Å². The molecule has 3 heterocycles. The molecule has 3 aliphatic rings. The fraction of sp³-hybridized carbons (Fsp3) is 0.455. The van der Waals surface area contributed by atoms with Gasteiger partial charge in [-0.2, -0.15) is 0 Å². The second-order valence-corrected chi connectivity index (χ2v) is 8.95. The van der Waals surface area contributed by atoms with Crippen LogP contribution in [0.4, 0.5) is 0 Å². The van der Waals surface area contributed by atoms with Gasteiger partial charge in [-0.05, 0) is 62.1 Å². The van der Waals surface area contributed by atoms with Gasteiger partial charge in [-0.15, -0.1) is 0 Å². The van der Waals surface area contributed by atoms with E-state index < -0.39 is 0 Å². The van der Waals surface area contributed by atoms with Crippen molar-refractivity contribution < 1.29 is 4.42 Å². The Morgan fingerprint density at radius 3 is 2.79 bits per heavy atom. The summed E-state index contributed by atoms with van der Waals surface area (Å²) in [6, 6.07) is 6.17. The van der Waals surface area contributed by atoms with Gasteiger partial charge < -0.3 is 8.98 Å². The highest BCUT2D eigenvalue weighted by molar-refractivity contribution is 5.76. The highest BCUT2D eigenvalue weighted by Crippen LogP contribution is 2.52. The molecule has 3 aliphatic carbocycles. The van der Waals surface area contributed by atoms with Crippen molar-refractivity contribution in [3.8, 4) is 5.69 Å². The molecule has 3 aromatic heterocycles. The number of rotatable bonds is 3. The van der Waals surface area contributed by atoms with Crippen molar-refractivity contribution >= 4 is 22.3 Å². The first-order chi connectivity index (χ1) is 14.3. The maximum Gasteiger partial charge on any atom is 0.286 e. The first-order valence-electron chi connectivity index (χ1n) is 10.6. The molecule has 3 saturated carbocycles. The summed E-state index contributed by atoms with van der Waals surface area (Å²) in [5.41, 5.74) is 3.41. The monoisotopic (exact) mass is 387 g/mol. The van der Waals surface area contributed by atoms with Crippen molar-refractivity contribution in [1.29, 1.82) is 0 Å². The van der Waals surface area contributed by atoms with E-state index in [4.69, 9.17) is 9.40 Å². The summed E-state index contributed by atoms with van der Waals surface area (Å²) < 4.78 is 9.29. The van der Waals surface area contributed by atoms with Crippen molar-refractivity contribution in [2.24, 2.45) is 11.8 Å². The molecule has 2 bridgehead atoms. The summed E-state index contributed by atoms with van der Waals surface area (Å²) in [6.07, 6.45) is 10.5. The molecule has 0 radical (unpaired) electrons. The molecule has 0 saturated heterocycles. The number of benzene rings is 1. The number of imidazole rings is 1. The van der Waals surface area contributed by atoms with Crippen LogP contribution in [0.2, 0.25) is 0 Å². The molecule has 4 aromatic rings. The van der Waals surface area contributed by atoms with Crippen LogP contribution in [0.1, 0.15) is 56.3 Å². The maximum atomic E-state index is 13.6. The lowest BCUT2D eigenvalue weighted by Gasteiger charge is -2.24. The SMILES string of the molecule is O=c1c2ncn(C3CC3)c2nc(C2CC3CCC2C3)n1-c1ccc2ocnc2c1. The Balaban J connectivity index is 1.51. The third-order valence-electron chi connectivity index (χ3n) is 7.21. The van der Waals surface area contributed by atoms with Gasteiger partial charge in [0.05, 0.1) is 12.0 Å². The number of hydrogen-bond donors (Lipinski definition) is 0. The van der Waals surface area contributed by atoms with Gasteiger partial charge in [0.1, 0.15) is 11.3 Å². The fourth-order valence-electron chi connectivity index (χ4n) is 5.65. The minimum atomic E-state index is -0.0741. The lowest BCUT2D eigenvalue weighted by atomic mass is 9.88. The Labute approximate surface area is 166 Å². The number of nitrogens with zero attached hydrogens (tertiary/aromatic N) is 5. The Morgan fingerprint density at radius 2 is 2.00 bits per heavy atom. The number of fused-ring (bicyclic) bond motifs is 4. The van der Waals surface area contributed by atoms with E-state index in [0.29, 0.717) is 23.4 Å². The van der Waals surface area contributed by atoms with Crippen LogP contribution in [0, 0.1) is 11.8 Å². The predicted octanol–water partition coefficient (Wildman–Crippen LogP) is 3.96. The molecule has 7 nitrogen and oxygen atoms in total.